The molecule has 0 saturated heterocycles. The number of benzene rings is 3. The molecule has 0 aliphatic rings. The molecule has 0 aromatic heterocycles. The van der Waals surface area contributed by atoms with Gasteiger partial charge in [-0.2, -0.15) is 0 Å². The summed E-state index contributed by atoms with van der Waals surface area (Å²) in [5.74, 6) is 1.96. The Morgan fingerprint density at radius 2 is 1.70 bits per heavy atom. The van der Waals surface area contributed by atoms with Crippen molar-refractivity contribution in [1.29, 1.82) is 0 Å². The van der Waals surface area contributed by atoms with E-state index in [9.17, 15) is 4.79 Å². The lowest BCUT2D eigenvalue weighted by molar-refractivity contribution is 0.104. The van der Waals surface area contributed by atoms with Gasteiger partial charge in [0.1, 0.15) is 18.1 Å². The van der Waals surface area contributed by atoms with Gasteiger partial charge in [-0.25, -0.2) is 0 Å². The lowest BCUT2D eigenvalue weighted by atomic mass is 10.0. The molecular formula is C26H25ClO3. The summed E-state index contributed by atoms with van der Waals surface area (Å²) < 4.78 is 11.4. The highest BCUT2D eigenvalue weighted by molar-refractivity contribution is 6.30. The van der Waals surface area contributed by atoms with E-state index >= 15 is 0 Å². The van der Waals surface area contributed by atoms with Gasteiger partial charge >= 0.3 is 0 Å². The zero-order valence-corrected chi connectivity index (χ0v) is 18.1. The average Bonchev–Trinajstić information content (AvgIpc) is 2.76. The second-order valence-electron chi connectivity index (χ2n) is 7.29. The maximum Gasteiger partial charge on any atom is 0.185 e. The van der Waals surface area contributed by atoms with Crippen molar-refractivity contribution in [2.75, 3.05) is 7.11 Å². The molecule has 3 nitrogen and oxygen atoms in total. The number of hydrogen-bond acceptors (Lipinski definition) is 3. The lowest BCUT2D eigenvalue weighted by Crippen LogP contribution is -2.00. The molecule has 0 radical (unpaired) electrons. The van der Waals surface area contributed by atoms with Gasteiger partial charge in [0.05, 0.1) is 7.11 Å². The quantitative estimate of drug-likeness (QED) is 0.292. The number of allylic oxidation sites excluding steroid dienone is 1. The van der Waals surface area contributed by atoms with Crippen LogP contribution in [0, 0.1) is 0 Å². The van der Waals surface area contributed by atoms with Crippen LogP contribution in [0.1, 0.15) is 46.8 Å². The third kappa shape index (κ3) is 5.74. The number of carbonyl (C=O) groups is 1. The minimum Gasteiger partial charge on any atom is -0.496 e. The summed E-state index contributed by atoms with van der Waals surface area (Å²) in [7, 11) is 1.63. The van der Waals surface area contributed by atoms with Gasteiger partial charge in [-0.15, -0.1) is 0 Å². The van der Waals surface area contributed by atoms with Gasteiger partial charge in [-0.3, -0.25) is 4.79 Å². The second-order valence-corrected chi connectivity index (χ2v) is 7.72. The van der Waals surface area contributed by atoms with E-state index < -0.39 is 0 Å². The molecule has 0 aliphatic heterocycles. The molecule has 154 valence electrons. The van der Waals surface area contributed by atoms with E-state index in [1.165, 1.54) is 5.56 Å². The highest BCUT2D eigenvalue weighted by atomic mass is 35.5. The van der Waals surface area contributed by atoms with Crippen molar-refractivity contribution < 1.29 is 14.3 Å². The van der Waals surface area contributed by atoms with E-state index in [0.717, 1.165) is 22.6 Å². The van der Waals surface area contributed by atoms with Crippen molar-refractivity contribution in [3.8, 4) is 11.5 Å². The number of rotatable bonds is 8. The molecule has 4 heteroatoms. The van der Waals surface area contributed by atoms with Crippen molar-refractivity contribution in [1.82, 2.24) is 0 Å². The summed E-state index contributed by atoms with van der Waals surface area (Å²) in [6, 6.07) is 20.7. The largest absolute Gasteiger partial charge is 0.496 e. The summed E-state index contributed by atoms with van der Waals surface area (Å²) >= 11 is 5.88. The molecule has 0 heterocycles. The standard InChI is InChI=1S/C26H25ClO3/c1-18(2)20-8-12-24(13-9-20)30-17-22-16-19(5-15-26(22)29-3)4-14-25(28)21-6-10-23(27)11-7-21/h4-16,18H,17H2,1-3H3/b14-4+. The normalized spacial score (nSPS) is 11.1. The Morgan fingerprint density at radius 1 is 1.00 bits per heavy atom. The Hall–Kier alpha value is -3.04. The highest BCUT2D eigenvalue weighted by Crippen LogP contribution is 2.24. The molecule has 0 spiro atoms. The van der Waals surface area contributed by atoms with Gasteiger partial charge in [0.25, 0.3) is 0 Å². The predicted molar refractivity (Wildman–Crippen MR) is 123 cm³/mol. The topological polar surface area (TPSA) is 35.5 Å². The molecule has 0 fully saturated rings. The van der Waals surface area contributed by atoms with Crippen LogP contribution < -0.4 is 9.47 Å². The molecular weight excluding hydrogens is 396 g/mol. The summed E-state index contributed by atoms with van der Waals surface area (Å²) in [6.45, 7) is 4.70. The number of carbonyl (C=O) groups excluding carboxylic acids is 1. The van der Waals surface area contributed by atoms with E-state index in [1.807, 2.05) is 30.3 Å². The predicted octanol–water partition coefficient (Wildman–Crippen LogP) is 6.95. The maximum absolute atomic E-state index is 12.3. The number of ether oxygens (including phenoxy) is 2. The van der Waals surface area contributed by atoms with Crippen LogP contribution in [-0.4, -0.2) is 12.9 Å². The fraction of sp³-hybridized carbons (Fsp3) is 0.192. The molecule has 3 aromatic carbocycles. The first kappa shape index (κ1) is 21.7. The summed E-state index contributed by atoms with van der Waals surface area (Å²) in [4.78, 5) is 12.3. The van der Waals surface area contributed by atoms with Gasteiger partial charge in [0.15, 0.2) is 5.78 Å². The minimum atomic E-state index is -0.0782. The lowest BCUT2D eigenvalue weighted by Gasteiger charge is -2.12. The maximum atomic E-state index is 12.3. The Kier molecular flexibility index (Phi) is 7.31. The molecule has 0 aliphatic carbocycles. The van der Waals surface area contributed by atoms with Crippen molar-refractivity contribution >= 4 is 23.5 Å². The molecule has 3 rings (SSSR count). The third-order valence-corrected chi connectivity index (χ3v) is 5.05. The fourth-order valence-corrected chi connectivity index (χ4v) is 3.13. The zero-order valence-electron chi connectivity index (χ0n) is 17.4. The van der Waals surface area contributed by atoms with Gasteiger partial charge in [0.2, 0.25) is 0 Å². The molecule has 0 bridgehead atoms. The Bertz CT molecular complexity index is 1020. The van der Waals surface area contributed by atoms with Crippen molar-refractivity contribution in [2.24, 2.45) is 0 Å². The molecule has 0 atom stereocenters. The van der Waals surface area contributed by atoms with Crippen molar-refractivity contribution in [2.45, 2.75) is 26.4 Å². The van der Waals surface area contributed by atoms with Crippen molar-refractivity contribution in [3.05, 3.63) is 100 Å². The molecule has 0 amide bonds. The molecule has 0 saturated carbocycles. The van der Waals surface area contributed by atoms with Crippen LogP contribution in [0.2, 0.25) is 5.02 Å². The Labute approximate surface area is 182 Å². The Balaban J connectivity index is 1.71. The number of hydrogen-bond donors (Lipinski definition) is 0. The van der Waals surface area contributed by atoms with E-state index in [1.54, 1.807) is 43.5 Å². The molecule has 0 unspecified atom stereocenters. The second kappa shape index (κ2) is 10.1. The van der Waals surface area contributed by atoms with Crippen LogP contribution in [0.15, 0.2) is 72.8 Å². The van der Waals surface area contributed by atoms with Gasteiger partial charge in [0, 0.05) is 16.1 Å². The Morgan fingerprint density at radius 3 is 2.33 bits per heavy atom. The summed E-state index contributed by atoms with van der Waals surface area (Å²) in [5, 5.41) is 0.606. The summed E-state index contributed by atoms with van der Waals surface area (Å²) in [6.07, 6.45) is 3.34. The van der Waals surface area contributed by atoms with Crippen molar-refractivity contribution in [3.63, 3.8) is 0 Å². The van der Waals surface area contributed by atoms with Gasteiger partial charge in [-0.05, 0) is 71.7 Å². The zero-order chi connectivity index (χ0) is 21.5. The fourth-order valence-electron chi connectivity index (χ4n) is 3.01. The van der Waals surface area contributed by atoms with E-state index in [-0.39, 0.29) is 5.78 Å². The van der Waals surface area contributed by atoms with E-state index in [2.05, 4.69) is 26.0 Å². The number of ketones is 1. The SMILES string of the molecule is COc1ccc(/C=C/C(=O)c2ccc(Cl)cc2)cc1COc1ccc(C(C)C)cc1. The van der Waals surface area contributed by atoms with E-state index in [0.29, 0.717) is 23.1 Å². The summed E-state index contributed by atoms with van der Waals surface area (Å²) in [5.41, 5.74) is 3.67. The van der Waals surface area contributed by atoms with Crippen LogP contribution in [0.3, 0.4) is 0 Å². The van der Waals surface area contributed by atoms with Crippen LogP contribution in [0.5, 0.6) is 11.5 Å². The molecule has 3 aromatic rings. The van der Waals surface area contributed by atoms with Crippen LogP contribution in [0.4, 0.5) is 0 Å². The first-order valence-corrected chi connectivity index (χ1v) is 10.2. The molecule has 30 heavy (non-hydrogen) atoms. The van der Waals surface area contributed by atoms with Gasteiger partial charge in [-0.1, -0.05) is 49.7 Å². The van der Waals surface area contributed by atoms with Crippen LogP contribution >= 0.6 is 11.6 Å². The smallest absolute Gasteiger partial charge is 0.185 e. The number of halogens is 1. The monoisotopic (exact) mass is 420 g/mol. The third-order valence-electron chi connectivity index (χ3n) is 4.80. The van der Waals surface area contributed by atoms with Crippen LogP contribution in [0.25, 0.3) is 6.08 Å². The molecule has 0 N–H and O–H groups in total. The first-order chi connectivity index (χ1) is 14.5. The minimum absolute atomic E-state index is 0.0782. The van der Waals surface area contributed by atoms with E-state index in [4.69, 9.17) is 21.1 Å². The average molecular weight is 421 g/mol. The first-order valence-electron chi connectivity index (χ1n) is 9.84. The van der Waals surface area contributed by atoms with Gasteiger partial charge < -0.3 is 9.47 Å². The van der Waals surface area contributed by atoms with Crippen LogP contribution in [-0.2, 0) is 6.61 Å². The number of methoxy groups -OCH3 is 1. The highest BCUT2D eigenvalue weighted by Gasteiger charge is 2.07.